The van der Waals surface area contributed by atoms with Gasteiger partial charge in [-0.05, 0) is 18.3 Å². The van der Waals surface area contributed by atoms with Crippen LogP contribution < -0.4 is 0 Å². The average molecular weight is 200 g/mol. The van der Waals surface area contributed by atoms with Crippen LogP contribution in [0.5, 0.6) is 0 Å². The van der Waals surface area contributed by atoms with Crippen LogP contribution in [-0.4, -0.2) is 0 Å². The number of hydrogen-bond acceptors (Lipinski definition) is 0. The molecule has 0 amide bonds. The predicted molar refractivity (Wildman–Crippen MR) is 68.7 cm³/mol. The van der Waals surface area contributed by atoms with Gasteiger partial charge in [0.1, 0.15) is 0 Å². The Morgan fingerprint density at radius 2 is 1.21 bits per heavy atom. The summed E-state index contributed by atoms with van der Waals surface area (Å²) in [7, 11) is 0. The monoisotopic (exact) mass is 200 g/mol. The SMILES string of the molecule is CCC(C)CC(C)C.CCCCCC. The van der Waals surface area contributed by atoms with E-state index < -0.39 is 0 Å². The van der Waals surface area contributed by atoms with E-state index >= 15 is 0 Å². The van der Waals surface area contributed by atoms with Crippen molar-refractivity contribution in [3.05, 3.63) is 0 Å². The van der Waals surface area contributed by atoms with Crippen LogP contribution in [0.4, 0.5) is 0 Å². The van der Waals surface area contributed by atoms with Crippen LogP contribution in [0.25, 0.3) is 0 Å². The van der Waals surface area contributed by atoms with Gasteiger partial charge in [0.2, 0.25) is 0 Å². The van der Waals surface area contributed by atoms with Gasteiger partial charge in [0, 0.05) is 0 Å². The second-order valence-corrected chi connectivity index (χ2v) is 4.85. The van der Waals surface area contributed by atoms with Crippen molar-refractivity contribution in [3.63, 3.8) is 0 Å². The molecule has 0 radical (unpaired) electrons. The van der Waals surface area contributed by atoms with Crippen LogP contribution in [0.3, 0.4) is 0 Å². The molecule has 0 bridgehead atoms. The molecule has 1 atom stereocenters. The summed E-state index contributed by atoms with van der Waals surface area (Å²) in [6, 6.07) is 0. The number of unbranched alkanes of at least 4 members (excludes halogenated alkanes) is 3. The minimum atomic E-state index is 0.880. The van der Waals surface area contributed by atoms with Gasteiger partial charge >= 0.3 is 0 Å². The Bertz CT molecular complexity index is 80.0. The largest absolute Gasteiger partial charge is 0.0654 e. The first-order valence-electron chi connectivity index (χ1n) is 6.58. The zero-order chi connectivity index (χ0) is 11.4. The molecule has 0 saturated heterocycles. The van der Waals surface area contributed by atoms with Gasteiger partial charge in [-0.3, -0.25) is 0 Å². The summed E-state index contributed by atoms with van der Waals surface area (Å²) in [4.78, 5) is 0. The number of hydrogen-bond donors (Lipinski definition) is 0. The van der Waals surface area contributed by atoms with Crippen LogP contribution in [0, 0.1) is 11.8 Å². The molecule has 1 unspecified atom stereocenters. The highest BCUT2D eigenvalue weighted by atomic mass is 14.1. The van der Waals surface area contributed by atoms with E-state index in [0.717, 1.165) is 11.8 Å². The highest BCUT2D eigenvalue weighted by molar-refractivity contribution is 4.52. The fraction of sp³-hybridized carbons (Fsp3) is 1.00. The summed E-state index contributed by atoms with van der Waals surface area (Å²) in [6.07, 6.45) is 8.25. The van der Waals surface area contributed by atoms with Crippen LogP contribution in [0.15, 0.2) is 0 Å². The van der Waals surface area contributed by atoms with Gasteiger partial charge < -0.3 is 0 Å². The highest BCUT2D eigenvalue weighted by Gasteiger charge is 2.00. The van der Waals surface area contributed by atoms with Crippen molar-refractivity contribution < 1.29 is 0 Å². The van der Waals surface area contributed by atoms with Gasteiger partial charge in [-0.2, -0.15) is 0 Å². The lowest BCUT2D eigenvalue weighted by Crippen LogP contribution is -1.97. The van der Waals surface area contributed by atoms with Crippen LogP contribution in [0.1, 0.15) is 80.1 Å². The molecule has 0 aromatic carbocycles. The minimum absolute atomic E-state index is 0.880. The van der Waals surface area contributed by atoms with Crippen LogP contribution >= 0.6 is 0 Å². The van der Waals surface area contributed by atoms with E-state index in [1.54, 1.807) is 0 Å². The molecule has 0 aliphatic heterocycles. The van der Waals surface area contributed by atoms with Gasteiger partial charge in [-0.25, -0.2) is 0 Å². The predicted octanol–water partition coefficient (Wildman–Crippen LogP) is 5.67. The van der Waals surface area contributed by atoms with Crippen molar-refractivity contribution in [1.29, 1.82) is 0 Å². The van der Waals surface area contributed by atoms with Crippen molar-refractivity contribution in [1.82, 2.24) is 0 Å². The molecule has 0 aliphatic carbocycles. The van der Waals surface area contributed by atoms with Crippen molar-refractivity contribution in [2.45, 2.75) is 80.1 Å². The maximum Gasteiger partial charge on any atom is -0.0443 e. The molecule has 0 saturated carbocycles. The molecule has 0 heteroatoms. The Morgan fingerprint density at radius 3 is 1.36 bits per heavy atom. The van der Waals surface area contributed by atoms with E-state index in [9.17, 15) is 0 Å². The molecule has 0 heterocycles. The Hall–Kier alpha value is 0. The molecule has 88 valence electrons. The van der Waals surface area contributed by atoms with Crippen molar-refractivity contribution in [3.8, 4) is 0 Å². The van der Waals surface area contributed by atoms with E-state index in [0.29, 0.717) is 0 Å². The third-order valence-corrected chi connectivity index (χ3v) is 2.53. The molecule has 0 aliphatic rings. The lowest BCUT2D eigenvalue weighted by Gasteiger charge is -2.09. The Morgan fingerprint density at radius 1 is 0.786 bits per heavy atom. The Kier molecular flexibility index (Phi) is 15.3. The summed E-state index contributed by atoms with van der Waals surface area (Å²) >= 11 is 0. The second kappa shape index (κ2) is 13.0. The Labute approximate surface area is 92.5 Å². The molecule has 0 N–H and O–H groups in total. The second-order valence-electron chi connectivity index (χ2n) is 4.85. The topological polar surface area (TPSA) is 0 Å². The van der Waals surface area contributed by atoms with E-state index in [-0.39, 0.29) is 0 Å². The van der Waals surface area contributed by atoms with E-state index in [1.807, 2.05) is 0 Å². The van der Waals surface area contributed by atoms with Gasteiger partial charge in [0.05, 0.1) is 0 Å². The first-order valence-corrected chi connectivity index (χ1v) is 6.58. The third kappa shape index (κ3) is 17.9. The maximum atomic E-state index is 2.32. The summed E-state index contributed by atoms with van der Waals surface area (Å²) < 4.78 is 0. The van der Waals surface area contributed by atoms with Gasteiger partial charge in [-0.15, -0.1) is 0 Å². The maximum absolute atomic E-state index is 2.32. The van der Waals surface area contributed by atoms with Crippen LogP contribution in [-0.2, 0) is 0 Å². The molecular weight excluding hydrogens is 168 g/mol. The van der Waals surface area contributed by atoms with E-state index in [2.05, 4.69) is 41.5 Å². The standard InChI is InChI=1S/C8H18.C6H14/c1-5-8(4)6-7(2)3;1-3-5-6-4-2/h7-8H,5-6H2,1-4H3;3-6H2,1-2H3. The number of rotatable bonds is 6. The third-order valence-electron chi connectivity index (χ3n) is 2.53. The molecule has 0 spiro atoms. The molecule has 0 aromatic rings. The fourth-order valence-corrected chi connectivity index (χ4v) is 1.47. The Balaban J connectivity index is 0. The van der Waals surface area contributed by atoms with Crippen LogP contribution in [0.2, 0.25) is 0 Å². The molecular formula is C14H32. The van der Waals surface area contributed by atoms with E-state index in [1.165, 1.54) is 38.5 Å². The lowest BCUT2D eigenvalue weighted by atomic mass is 9.97. The summed E-state index contributed by atoms with van der Waals surface area (Å²) in [5, 5.41) is 0. The normalized spacial score (nSPS) is 12.2. The first-order chi connectivity index (χ1) is 6.58. The van der Waals surface area contributed by atoms with Gasteiger partial charge in [0.25, 0.3) is 0 Å². The quantitative estimate of drug-likeness (QED) is 0.485. The van der Waals surface area contributed by atoms with Gasteiger partial charge in [0.15, 0.2) is 0 Å². The summed E-state index contributed by atoms with van der Waals surface area (Å²) in [5.74, 6) is 1.81. The summed E-state index contributed by atoms with van der Waals surface area (Å²) in [5.41, 5.74) is 0. The molecule has 0 fully saturated rings. The zero-order valence-electron chi connectivity index (χ0n) is 11.4. The fourth-order valence-electron chi connectivity index (χ4n) is 1.47. The van der Waals surface area contributed by atoms with Crippen molar-refractivity contribution in [2.75, 3.05) is 0 Å². The van der Waals surface area contributed by atoms with Crippen molar-refractivity contribution in [2.24, 2.45) is 11.8 Å². The zero-order valence-corrected chi connectivity index (χ0v) is 11.4. The molecule has 14 heavy (non-hydrogen) atoms. The minimum Gasteiger partial charge on any atom is -0.0654 e. The smallest absolute Gasteiger partial charge is 0.0443 e. The lowest BCUT2D eigenvalue weighted by molar-refractivity contribution is 0.429. The average Bonchev–Trinajstić information content (AvgIpc) is 2.14. The molecule has 0 nitrogen and oxygen atoms in total. The molecule has 0 rings (SSSR count). The van der Waals surface area contributed by atoms with E-state index in [4.69, 9.17) is 0 Å². The van der Waals surface area contributed by atoms with Gasteiger partial charge in [-0.1, -0.05) is 73.6 Å². The van der Waals surface area contributed by atoms with Crippen molar-refractivity contribution >= 4 is 0 Å². The first kappa shape index (κ1) is 16.4. The summed E-state index contributed by atoms with van der Waals surface area (Å²) in [6.45, 7) is 13.6. The molecule has 0 aromatic heterocycles. The highest BCUT2D eigenvalue weighted by Crippen LogP contribution is 2.12.